The lowest BCUT2D eigenvalue weighted by atomic mass is 9.92. The maximum Gasteiger partial charge on any atom is 0.322 e. The molecule has 0 bridgehead atoms. The molecule has 0 saturated heterocycles. The third-order valence-electron chi connectivity index (χ3n) is 5.11. The van der Waals surface area contributed by atoms with Crippen molar-refractivity contribution in [1.29, 1.82) is 0 Å². The van der Waals surface area contributed by atoms with Gasteiger partial charge in [0.1, 0.15) is 12.4 Å². The van der Waals surface area contributed by atoms with E-state index in [0.29, 0.717) is 21.6 Å². The number of rotatable bonds is 6. The second kappa shape index (κ2) is 10.5. The highest BCUT2D eigenvalue weighted by atomic mass is 35.5. The minimum atomic E-state index is -0.380. The number of aromatic nitrogens is 2. The molecule has 0 aliphatic heterocycles. The van der Waals surface area contributed by atoms with Crippen LogP contribution in [0.2, 0.25) is 10.0 Å². The van der Waals surface area contributed by atoms with Gasteiger partial charge in [-0.25, -0.2) is 9.48 Å². The highest BCUT2D eigenvalue weighted by molar-refractivity contribution is 6.30. The predicted octanol–water partition coefficient (Wildman–Crippen LogP) is 6.36. The quantitative estimate of drug-likeness (QED) is 0.412. The largest absolute Gasteiger partial charge is 0.322 e. The van der Waals surface area contributed by atoms with Crippen molar-refractivity contribution < 1.29 is 9.59 Å². The molecular formula is C25H29Cl2N5O2. The molecule has 3 rings (SSSR count). The van der Waals surface area contributed by atoms with Crippen LogP contribution in [0.1, 0.15) is 40.3 Å². The number of nitrogens with zero attached hydrogens (tertiary/aromatic N) is 3. The van der Waals surface area contributed by atoms with Gasteiger partial charge in [-0.15, -0.1) is 0 Å². The summed E-state index contributed by atoms with van der Waals surface area (Å²) in [5.41, 5.74) is 1.95. The van der Waals surface area contributed by atoms with Crippen molar-refractivity contribution in [2.75, 3.05) is 17.2 Å². The summed E-state index contributed by atoms with van der Waals surface area (Å²) in [6.45, 7) is 9.72. The zero-order chi connectivity index (χ0) is 25.0. The fraction of sp³-hybridized carbons (Fsp3) is 0.320. The van der Waals surface area contributed by atoms with Crippen LogP contribution in [0.3, 0.4) is 0 Å². The number of amides is 3. The standard InChI is InChI=1S/C25H29Cl2N5O2/c1-16(2)31(24(34)28-19-10-6-17(26)7-11-19)15-23(33)29-22-14-21(25(3,4)5)30-32(22)20-12-8-18(27)9-13-20/h6-14,16H,15H2,1-5H3,(H,28,34)(H,29,33). The molecule has 1 heterocycles. The van der Waals surface area contributed by atoms with Gasteiger partial charge >= 0.3 is 6.03 Å². The van der Waals surface area contributed by atoms with E-state index in [9.17, 15) is 9.59 Å². The summed E-state index contributed by atoms with van der Waals surface area (Å²) in [5, 5.41) is 11.6. The van der Waals surface area contributed by atoms with Crippen LogP contribution < -0.4 is 10.6 Å². The molecule has 2 N–H and O–H groups in total. The van der Waals surface area contributed by atoms with Gasteiger partial charge in [0.05, 0.1) is 11.4 Å². The lowest BCUT2D eigenvalue weighted by Gasteiger charge is -2.26. The van der Waals surface area contributed by atoms with Crippen molar-refractivity contribution in [3.05, 3.63) is 70.3 Å². The van der Waals surface area contributed by atoms with Gasteiger partial charge in [0.15, 0.2) is 0 Å². The van der Waals surface area contributed by atoms with Crippen molar-refractivity contribution in [1.82, 2.24) is 14.7 Å². The van der Waals surface area contributed by atoms with E-state index in [1.165, 1.54) is 4.90 Å². The van der Waals surface area contributed by atoms with E-state index in [1.807, 2.05) is 32.0 Å². The first kappa shape index (κ1) is 25.6. The Kier molecular flexibility index (Phi) is 7.89. The van der Waals surface area contributed by atoms with Gasteiger partial charge < -0.3 is 15.5 Å². The first-order chi connectivity index (χ1) is 15.9. The smallest absolute Gasteiger partial charge is 0.313 e. The molecule has 3 amide bonds. The number of halogens is 2. The average molecular weight is 502 g/mol. The Bertz CT molecular complexity index is 1150. The normalized spacial score (nSPS) is 11.4. The Morgan fingerprint density at radius 3 is 2.06 bits per heavy atom. The topological polar surface area (TPSA) is 79.3 Å². The SMILES string of the molecule is CC(C)N(CC(=O)Nc1cc(C(C)(C)C)nn1-c1ccc(Cl)cc1)C(=O)Nc1ccc(Cl)cc1. The van der Waals surface area contributed by atoms with Crippen LogP contribution in [-0.2, 0) is 10.2 Å². The summed E-state index contributed by atoms with van der Waals surface area (Å²) in [7, 11) is 0. The minimum Gasteiger partial charge on any atom is -0.313 e. The molecule has 2 aromatic carbocycles. The number of carbonyl (C=O) groups is 2. The summed E-state index contributed by atoms with van der Waals surface area (Å²) in [5.74, 6) is 0.176. The number of urea groups is 1. The van der Waals surface area contributed by atoms with Crippen LogP contribution in [0.15, 0.2) is 54.6 Å². The van der Waals surface area contributed by atoms with E-state index in [-0.39, 0.29) is 29.9 Å². The zero-order valence-electron chi connectivity index (χ0n) is 19.9. The number of carbonyl (C=O) groups excluding carboxylic acids is 2. The van der Waals surface area contributed by atoms with Gasteiger partial charge in [0, 0.05) is 33.3 Å². The summed E-state index contributed by atoms with van der Waals surface area (Å²) in [6, 6.07) is 15.2. The summed E-state index contributed by atoms with van der Waals surface area (Å²) in [6.07, 6.45) is 0. The van der Waals surface area contributed by atoms with Crippen LogP contribution in [0.25, 0.3) is 5.69 Å². The molecule has 0 saturated carbocycles. The molecule has 34 heavy (non-hydrogen) atoms. The molecule has 0 atom stereocenters. The molecule has 0 aliphatic carbocycles. The van der Waals surface area contributed by atoms with Crippen LogP contribution in [-0.4, -0.2) is 39.2 Å². The van der Waals surface area contributed by atoms with E-state index in [0.717, 1.165) is 11.4 Å². The van der Waals surface area contributed by atoms with Gasteiger partial charge in [-0.2, -0.15) is 5.10 Å². The molecule has 3 aromatic rings. The molecule has 180 valence electrons. The van der Waals surface area contributed by atoms with E-state index >= 15 is 0 Å². The van der Waals surface area contributed by atoms with Crippen molar-refractivity contribution in [3.63, 3.8) is 0 Å². The molecule has 1 aromatic heterocycles. The fourth-order valence-electron chi connectivity index (χ4n) is 3.17. The maximum absolute atomic E-state index is 13.0. The summed E-state index contributed by atoms with van der Waals surface area (Å²) in [4.78, 5) is 27.3. The monoisotopic (exact) mass is 501 g/mol. The van der Waals surface area contributed by atoms with E-state index in [2.05, 4.69) is 31.4 Å². The number of benzene rings is 2. The van der Waals surface area contributed by atoms with Crippen molar-refractivity contribution in [2.24, 2.45) is 0 Å². The van der Waals surface area contributed by atoms with Crippen LogP contribution in [0, 0.1) is 0 Å². The van der Waals surface area contributed by atoms with Gasteiger partial charge in [-0.3, -0.25) is 4.79 Å². The van der Waals surface area contributed by atoms with Gasteiger partial charge in [0.25, 0.3) is 0 Å². The second-order valence-electron chi connectivity index (χ2n) is 9.26. The minimum absolute atomic E-state index is 0.131. The predicted molar refractivity (Wildman–Crippen MR) is 138 cm³/mol. The lowest BCUT2D eigenvalue weighted by Crippen LogP contribution is -2.44. The first-order valence-electron chi connectivity index (χ1n) is 10.9. The molecule has 0 spiro atoms. The Hall–Kier alpha value is -3.03. The van der Waals surface area contributed by atoms with Crippen molar-refractivity contribution in [3.8, 4) is 5.69 Å². The molecule has 9 heteroatoms. The van der Waals surface area contributed by atoms with Gasteiger partial charge in [0.2, 0.25) is 5.91 Å². The van der Waals surface area contributed by atoms with Crippen molar-refractivity contribution >= 4 is 46.6 Å². The number of hydrogen-bond acceptors (Lipinski definition) is 3. The third-order valence-corrected chi connectivity index (χ3v) is 5.61. The summed E-state index contributed by atoms with van der Waals surface area (Å²) >= 11 is 11.9. The third kappa shape index (κ3) is 6.52. The Morgan fingerprint density at radius 1 is 0.971 bits per heavy atom. The zero-order valence-corrected chi connectivity index (χ0v) is 21.4. The molecule has 0 aliphatic rings. The molecule has 0 radical (unpaired) electrons. The Labute approximate surface area is 210 Å². The molecule has 7 nitrogen and oxygen atoms in total. The Balaban J connectivity index is 1.80. The average Bonchev–Trinajstić information content (AvgIpc) is 3.18. The molecule has 0 fully saturated rings. The Morgan fingerprint density at radius 2 is 1.53 bits per heavy atom. The molecular weight excluding hydrogens is 473 g/mol. The van der Waals surface area contributed by atoms with E-state index in [4.69, 9.17) is 28.3 Å². The highest BCUT2D eigenvalue weighted by Crippen LogP contribution is 2.27. The maximum atomic E-state index is 13.0. The number of anilines is 2. The van der Waals surface area contributed by atoms with Gasteiger partial charge in [-0.1, -0.05) is 44.0 Å². The first-order valence-corrected chi connectivity index (χ1v) is 11.7. The van der Waals surface area contributed by atoms with Crippen molar-refractivity contribution in [2.45, 2.75) is 46.1 Å². The van der Waals surface area contributed by atoms with Crippen LogP contribution in [0.4, 0.5) is 16.3 Å². The van der Waals surface area contributed by atoms with Crippen LogP contribution in [0.5, 0.6) is 0 Å². The van der Waals surface area contributed by atoms with E-state index < -0.39 is 0 Å². The van der Waals surface area contributed by atoms with Crippen LogP contribution >= 0.6 is 23.2 Å². The summed E-state index contributed by atoms with van der Waals surface area (Å²) < 4.78 is 1.67. The fourth-order valence-corrected chi connectivity index (χ4v) is 3.42. The number of nitrogens with one attached hydrogen (secondary N) is 2. The second-order valence-corrected chi connectivity index (χ2v) is 10.1. The lowest BCUT2D eigenvalue weighted by molar-refractivity contribution is -0.117. The van der Waals surface area contributed by atoms with Gasteiger partial charge in [-0.05, 0) is 62.4 Å². The van der Waals surface area contributed by atoms with E-state index in [1.54, 1.807) is 41.1 Å². The molecule has 0 unspecified atom stereocenters. The highest BCUT2D eigenvalue weighted by Gasteiger charge is 2.24. The number of hydrogen-bond donors (Lipinski definition) is 2.